The van der Waals surface area contributed by atoms with E-state index >= 15 is 0 Å². The minimum atomic E-state index is -0.447. The summed E-state index contributed by atoms with van der Waals surface area (Å²) in [4.78, 5) is 15.2. The summed E-state index contributed by atoms with van der Waals surface area (Å²) in [6.45, 7) is -0.135. The highest BCUT2D eigenvalue weighted by Crippen LogP contribution is 2.36. The maximum atomic E-state index is 11.0. The van der Waals surface area contributed by atoms with E-state index in [2.05, 4.69) is 4.98 Å². The van der Waals surface area contributed by atoms with Crippen LogP contribution in [0.5, 0.6) is 5.75 Å². The van der Waals surface area contributed by atoms with Crippen LogP contribution in [0.25, 0.3) is 0 Å². The Bertz CT molecular complexity index is 642. The predicted molar refractivity (Wildman–Crippen MR) is 72.9 cm³/mol. The quantitative estimate of drug-likeness (QED) is 0.670. The lowest BCUT2D eigenvalue weighted by Crippen LogP contribution is -1.98. The van der Waals surface area contributed by atoms with Crippen molar-refractivity contribution in [3.63, 3.8) is 0 Å². The van der Waals surface area contributed by atoms with E-state index in [1.807, 2.05) is 0 Å². The number of nitro benzene ring substituents is 1. The maximum absolute atomic E-state index is 11.0. The lowest BCUT2D eigenvalue weighted by Gasteiger charge is -2.06. The first-order valence-corrected chi connectivity index (χ1v) is 6.50. The standard InChI is InChI=1S/C12H13N3O4S/c1-14-8(7-16)6-13-12(14)20-11-5-9(19-2)3-4-10(11)15(17)18/h3-6,16H,7H2,1-2H3. The zero-order valence-corrected chi connectivity index (χ0v) is 11.8. The molecule has 0 amide bonds. The van der Waals surface area contributed by atoms with Crippen molar-refractivity contribution in [3.05, 3.63) is 40.2 Å². The molecular weight excluding hydrogens is 282 g/mol. The van der Waals surface area contributed by atoms with Crippen molar-refractivity contribution >= 4 is 17.4 Å². The molecular formula is C12H13N3O4S. The summed E-state index contributed by atoms with van der Waals surface area (Å²) in [5.41, 5.74) is 0.627. The summed E-state index contributed by atoms with van der Waals surface area (Å²) in [5.74, 6) is 0.537. The monoisotopic (exact) mass is 295 g/mol. The first kappa shape index (κ1) is 14.4. The highest BCUT2D eigenvalue weighted by molar-refractivity contribution is 7.99. The van der Waals surface area contributed by atoms with Gasteiger partial charge in [-0.2, -0.15) is 0 Å². The number of benzene rings is 1. The van der Waals surface area contributed by atoms with Crippen molar-refractivity contribution in [2.75, 3.05) is 7.11 Å². The van der Waals surface area contributed by atoms with Crippen LogP contribution in [0.15, 0.2) is 34.4 Å². The van der Waals surface area contributed by atoms with Crippen molar-refractivity contribution in [1.82, 2.24) is 9.55 Å². The van der Waals surface area contributed by atoms with Gasteiger partial charge in [0, 0.05) is 19.2 Å². The van der Waals surface area contributed by atoms with Gasteiger partial charge >= 0.3 is 0 Å². The third kappa shape index (κ3) is 2.75. The molecule has 0 bridgehead atoms. The van der Waals surface area contributed by atoms with Gasteiger partial charge in [0.1, 0.15) is 5.75 Å². The van der Waals surface area contributed by atoms with E-state index in [-0.39, 0.29) is 12.3 Å². The van der Waals surface area contributed by atoms with Gasteiger partial charge in [-0.05, 0) is 17.8 Å². The van der Waals surface area contributed by atoms with Gasteiger partial charge in [-0.15, -0.1) is 0 Å². The van der Waals surface area contributed by atoms with Gasteiger partial charge in [0.05, 0.1) is 35.4 Å². The molecule has 0 spiro atoms. The largest absolute Gasteiger partial charge is 0.497 e. The Kier molecular flexibility index (Phi) is 4.26. The molecule has 0 saturated heterocycles. The molecule has 0 atom stereocenters. The van der Waals surface area contributed by atoms with Crippen molar-refractivity contribution in [3.8, 4) is 5.75 Å². The van der Waals surface area contributed by atoms with Gasteiger partial charge in [0.15, 0.2) is 5.16 Å². The van der Waals surface area contributed by atoms with Gasteiger partial charge in [0.2, 0.25) is 0 Å². The average Bonchev–Trinajstić information content (AvgIpc) is 2.79. The van der Waals surface area contributed by atoms with Crippen LogP contribution in [0.3, 0.4) is 0 Å². The number of imidazole rings is 1. The summed E-state index contributed by atoms with van der Waals surface area (Å²) in [6, 6.07) is 4.53. The summed E-state index contributed by atoms with van der Waals surface area (Å²) in [6.07, 6.45) is 1.54. The summed E-state index contributed by atoms with van der Waals surface area (Å²) in [7, 11) is 3.24. The Hall–Kier alpha value is -2.06. The Labute approximate surface area is 119 Å². The van der Waals surface area contributed by atoms with Crippen molar-refractivity contribution in [2.24, 2.45) is 7.05 Å². The highest BCUT2D eigenvalue weighted by atomic mass is 32.2. The van der Waals surface area contributed by atoms with E-state index in [1.165, 1.54) is 19.4 Å². The van der Waals surface area contributed by atoms with Crippen molar-refractivity contribution < 1.29 is 14.8 Å². The Morgan fingerprint density at radius 1 is 1.55 bits per heavy atom. The van der Waals surface area contributed by atoms with E-state index in [9.17, 15) is 10.1 Å². The van der Waals surface area contributed by atoms with Gasteiger partial charge in [-0.3, -0.25) is 10.1 Å². The zero-order chi connectivity index (χ0) is 14.7. The highest BCUT2D eigenvalue weighted by Gasteiger charge is 2.18. The average molecular weight is 295 g/mol. The second kappa shape index (κ2) is 5.93. The first-order chi connectivity index (χ1) is 9.56. The molecule has 1 aromatic carbocycles. The zero-order valence-electron chi connectivity index (χ0n) is 10.9. The van der Waals surface area contributed by atoms with E-state index in [0.29, 0.717) is 21.5 Å². The summed E-state index contributed by atoms with van der Waals surface area (Å²) < 4.78 is 6.77. The second-order valence-electron chi connectivity index (χ2n) is 3.94. The molecule has 106 valence electrons. The van der Waals surface area contributed by atoms with E-state index in [0.717, 1.165) is 11.8 Å². The number of aromatic nitrogens is 2. The molecule has 0 unspecified atom stereocenters. The fourth-order valence-electron chi connectivity index (χ4n) is 1.62. The molecule has 0 aliphatic heterocycles. The minimum absolute atomic E-state index is 0.00986. The molecule has 1 aromatic heterocycles. The summed E-state index contributed by atoms with van der Waals surface area (Å²) in [5, 5.41) is 20.7. The molecule has 20 heavy (non-hydrogen) atoms. The SMILES string of the molecule is COc1ccc([N+](=O)[O-])c(Sc2ncc(CO)n2C)c1. The van der Waals surface area contributed by atoms with Gasteiger partial charge in [-0.1, -0.05) is 0 Å². The number of nitro groups is 1. The fourth-order valence-corrected chi connectivity index (χ4v) is 2.60. The van der Waals surface area contributed by atoms with Gasteiger partial charge in [-0.25, -0.2) is 4.98 Å². The number of nitrogens with zero attached hydrogens (tertiary/aromatic N) is 3. The summed E-state index contributed by atoms with van der Waals surface area (Å²) >= 11 is 1.15. The van der Waals surface area contributed by atoms with Crippen molar-refractivity contribution in [2.45, 2.75) is 16.7 Å². The number of aliphatic hydroxyl groups excluding tert-OH is 1. The molecule has 0 saturated carbocycles. The van der Waals surface area contributed by atoms with Crippen LogP contribution in [0.2, 0.25) is 0 Å². The smallest absolute Gasteiger partial charge is 0.283 e. The fraction of sp³-hybridized carbons (Fsp3) is 0.250. The number of hydrogen-bond donors (Lipinski definition) is 1. The van der Waals surface area contributed by atoms with Gasteiger partial charge in [0.25, 0.3) is 5.69 Å². The molecule has 2 rings (SSSR count). The van der Waals surface area contributed by atoms with Crippen LogP contribution in [0.4, 0.5) is 5.69 Å². The normalized spacial score (nSPS) is 10.6. The maximum Gasteiger partial charge on any atom is 0.283 e. The number of rotatable bonds is 5. The second-order valence-corrected chi connectivity index (χ2v) is 4.95. The topological polar surface area (TPSA) is 90.4 Å². The number of ether oxygens (including phenoxy) is 1. The van der Waals surface area contributed by atoms with E-state index in [1.54, 1.807) is 23.7 Å². The van der Waals surface area contributed by atoms with Crippen molar-refractivity contribution in [1.29, 1.82) is 0 Å². The van der Waals surface area contributed by atoms with E-state index < -0.39 is 4.92 Å². The van der Waals surface area contributed by atoms with Crippen LogP contribution in [-0.4, -0.2) is 26.7 Å². The number of hydrogen-bond acceptors (Lipinski definition) is 6. The molecule has 7 nitrogen and oxygen atoms in total. The lowest BCUT2D eigenvalue weighted by atomic mass is 10.3. The predicted octanol–water partition coefficient (Wildman–Crippen LogP) is 1.98. The molecule has 0 fully saturated rings. The Balaban J connectivity index is 2.40. The number of methoxy groups -OCH3 is 1. The van der Waals surface area contributed by atoms with Crippen LogP contribution in [0.1, 0.15) is 5.69 Å². The molecule has 1 heterocycles. The minimum Gasteiger partial charge on any atom is -0.497 e. The molecule has 1 N–H and O–H groups in total. The Morgan fingerprint density at radius 2 is 2.30 bits per heavy atom. The molecule has 0 aliphatic rings. The van der Waals surface area contributed by atoms with Crippen LogP contribution in [-0.2, 0) is 13.7 Å². The lowest BCUT2D eigenvalue weighted by molar-refractivity contribution is -0.387. The molecule has 2 aromatic rings. The van der Waals surface area contributed by atoms with E-state index in [4.69, 9.17) is 9.84 Å². The van der Waals surface area contributed by atoms with Crippen LogP contribution in [0, 0.1) is 10.1 Å². The molecule has 0 radical (unpaired) electrons. The Morgan fingerprint density at radius 3 is 2.85 bits per heavy atom. The van der Waals surface area contributed by atoms with Crippen LogP contribution >= 0.6 is 11.8 Å². The first-order valence-electron chi connectivity index (χ1n) is 5.68. The van der Waals surface area contributed by atoms with Gasteiger partial charge < -0.3 is 14.4 Å². The third-order valence-corrected chi connectivity index (χ3v) is 3.88. The molecule has 8 heteroatoms. The molecule has 0 aliphatic carbocycles. The number of aliphatic hydroxyl groups is 1. The third-order valence-electron chi connectivity index (χ3n) is 2.77. The van der Waals surface area contributed by atoms with Crippen LogP contribution < -0.4 is 4.74 Å².